The monoisotopic (exact) mass is 246 g/mol. The van der Waals surface area contributed by atoms with Crippen molar-refractivity contribution >= 4 is 23.2 Å². The third-order valence-corrected chi connectivity index (χ3v) is 2.47. The van der Waals surface area contributed by atoms with E-state index in [9.17, 15) is 0 Å². The molecule has 1 aromatic heterocycles. The maximum absolute atomic E-state index is 5.94. The Balaban J connectivity index is 2.40. The van der Waals surface area contributed by atoms with Gasteiger partial charge >= 0.3 is 0 Å². The quantitative estimate of drug-likeness (QED) is 0.462. The summed E-state index contributed by atoms with van der Waals surface area (Å²) in [6.07, 6.45) is 1.62. The Kier molecular flexibility index (Phi) is 3.73. The van der Waals surface area contributed by atoms with Crippen LogP contribution in [-0.4, -0.2) is 18.0 Å². The van der Waals surface area contributed by atoms with E-state index < -0.39 is 0 Å². The Morgan fingerprint density at radius 2 is 1.94 bits per heavy atom. The van der Waals surface area contributed by atoms with Crippen molar-refractivity contribution < 1.29 is 4.74 Å². The molecule has 0 aliphatic heterocycles. The maximum atomic E-state index is 5.94. The first-order valence-electron chi connectivity index (χ1n) is 5.10. The molecule has 0 aliphatic carbocycles. The summed E-state index contributed by atoms with van der Waals surface area (Å²) in [5.41, 5.74) is 1.49. The molecule has 17 heavy (non-hydrogen) atoms. The average Bonchev–Trinajstić information content (AvgIpc) is 2.39. The van der Waals surface area contributed by atoms with Crippen LogP contribution in [0.25, 0.3) is 0 Å². The maximum Gasteiger partial charge on any atom is 0.221 e. The number of hydrogen-bond donors (Lipinski definition) is 0. The fraction of sp³-hybridized carbons (Fsp3) is 0.0769. The number of halogens is 1. The first-order chi connectivity index (χ1) is 8.31. The Morgan fingerprint density at radius 3 is 2.59 bits per heavy atom. The van der Waals surface area contributed by atoms with Crippen molar-refractivity contribution in [1.29, 1.82) is 0 Å². The van der Waals surface area contributed by atoms with Crippen molar-refractivity contribution in [3.8, 4) is 0 Å². The van der Waals surface area contributed by atoms with Gasteiger partial charge in [-0.1, -0.05) is 29.8 Å². The standard InChI is InChI=1S/C13H11ClN2O/c1-17-13(10-6-3-2-4-7-10)16-11-8-5-9-15-12(11)14/h2-9H,1H3. The van der Waals surface area contributed by atoms with Gasteiger partial charge in [-0.05, 0) is 24.3 Å². The van der Waals surface area contributed by atoms with E-state index in [1.807, 2.05) is 30.3 Å². The van der Waals surface area contributed by atoms with Gasteiger partial charge in [-0.3, -0.25) is 0 Å². The normalized spacial score (nSPS) is 11.3. The van der Waals surface area contributed by atoms with Gasteiger partial charge in [0.1, 0.15) is 5.69 Å². The Hall–Kier alpha value is -1.87. The van der Waals surface area contributed by atoms with Crippen molar-refractivity contribution in [2.45, 2.75) is 0 Å². The van der Waals surface area contributed by atoms with Crippen LogP contribution in [0.4, 0.5) is 5.69 Å². The lowest BCUT2D eigenvalue weighted by Gasteiger charge is -2.05. The summed E-state index contributed by atoms with van der Waals surface area (Å²) >= 11 is 5.94. The van der Waals surface area contributed by atoms with Crippen molar-refractivity contribution in [2.75, 3.05) is 7.11 Å². The molecule has 0 saturated carbocycles. The summed E-state index contributed by atoms with van der Waals surface area (Å²) < 4.78 is 5.26. The number of benzene rings is 1. The lowest BCUT2D eigenvalue weighted by Crippen LogP contribution is -2.02. The minimum Gasteiger partial charge on any atom is -0.481 e. The second-order valence-electron chi connectivity index (χ2n) is 3.30. The number of aromatic nitrogens is 1. The highest BCUT2D eigenvalue weighted by Crippen LogP contribution is 2.22. The fourth-order valence-electron chi connectivity index (χ4n) is 1.38. The minimum absolute atomic E-state index is 0.359. The van der Waals surface area contributed by atoms with E-state index in [1.54, 1.807) is 25.4 Å². The van der Waals surface area contributed by atoms with E-state index in [1.165, 1.54) is 0 Å². The minimum atomic E-state index is 0.359. The first kappa shape index (κ1) is 11.6. The summed E-state index contributed by atoms with van der Waals surface area (Å²) in [5, 5.41) is 0.359. The molecule has 4 heteroatoms. The number of rotatable bonds is 2. The fourth-order valence-corrected chi connectivity index (χ4v) is 1.54. The van der Waals surface area contributed by atoms with Gasteiger partial charge in [0.05, 0.1) is 7.11 Å². The molecule has 0 N–H and O–H groups in total. The predicted molar refractivity (Wildman–Crippen MR) is 68.9 cm³/mol. The first-order valence-corrected chi connectivity index (χ1v) is 5.47. The molecule has 0 fully saturated rings. The zero-order valence-corrected chi connectivity index (χ0v) is 10.1. The number of aliphatic imine (C=N–C) groups is 1. The molecule has 0 aliphatic rings. The van der Waals surface area contributed by atoms with Gasteiger partial charge in [0, 0.05) is 11.8 Å². The van der Waals surface area contributed by atoms with Crippen LogP contribution in [0.3, 0.4) is 0 Å². The van der Waals surface area contributed by atoms with Crippen LogP contribution in [0.2, 0.25) is 5.15 Å². The van der Waals surface area contributed by atoms with E-state index in [4.69, 9.17) is 16.3 Å². The highest BCUT2D eigenvalue weighted by molar-refractivity contribution is 6.31. The summed E-state index contributed by atoms with van der Waals surface area (Å²) in [4.78, 5) is 8.31. The van der Waals surface area contributed by atoms with Crippen LogP contribution >= 0.6 is 11.6 Å². The zero-order chi connectivity index (χ0) is 12.1. The molecular weight excluding hydrogens is 236 g/mol. The van der Waals surface area contributed by atoms with Crippen molar-refractivity contribution in [3.05, 3.63) is 59.4 Å². The van der Waals surface area contributed by atoms with Gasteiger partial charge in [0.25, 0.3) is 0 Å². The average molecular weight is 247 g/mol. The highest BCUT2D eigenvalue weighted by atomic mass is 35.5. The number of pyridine rings is 1. The molecule has 0 bridgehead atoms. The van der Waals surface area contributed by atoms with Crippen LogP contribution in [0.15, 0.2) is 53.7 Å². The van der Waals surface area contributed by atoms with Gasteiger partial charge in [-0.15, -0.1) is 0 Å². The molecule has 2 aromatic rings. The lowest BCUT2D eigenvalue weighted by molar-refractivity contribution is 0.405. The zero-order valence-electron chi connectivity index (χ0n) is 9.30. The molecule has 86 valence electrons. The van der Waals surface area contributed by atoms with Crippen LogP contribution in [-0.2, 0) is 4.74 Å². The SMILES string of the molecule is COC(=Nc1cccnc1Cl)c1ccccc1. The second-order valence-corrected chi connectivity index (χ2v) is 3.66. The van der Waals surface area contributed by atoms with E-state index >= 15 is 0 Å². The van der Waals surface area contributed by atoms with E-state index in [-0.39, 0.29) is 0 Å². The molecule has 0 spiro atoms. The van der Waals surface area contributed by atoms with Gasteiger partial charge < -0.3 is 4.74 Å². The topological polar surface area (TPSA) is 34.5 Å². The van der Waals surface area contributed by atoms with Crippen LogP contribution < -0.4 is 0 Å². The molecule has 3 nitrogen and oxygen atoms in total. The summed E-state index contributed by atoms with van der Waals surface area (Å²) in [5.74, 6) is 0.514. The molecule has 0 unspecified atom stereocenters. The predicted octanol–water partition coefficient (Wildman–Crippen LogP) is 3.46. The number of hydrogen-bond acceptors (Lipinski definition) is 3. The smallest absolute Gasteiger partial charge is 0.221 e. The molecule has 0 saturated heterocycles. The van der Waals surface area contributed by atoms with Gasteiger partial charge in [0.2, 0.25) is 5.90 Å². The van der Waals surface area contributed by atoms with Gasteiger partial charge in [-0.2, -0.15) is 0 Å². The summed E-state index contributed by atoms with van der Waals surface area (Å²) in [7, 11) is 1.58. The van der Waals surface area contributed by atoms with Crippen molar-refractivity contribution in [3.63, 3.8) is 0 Å². The molecule has 1 aromatic carbocycles. The van der Waals surface area contributed by atoms with Crippen molar-refractivity contribution in [2.24, 2.45) is 4.99 Å². The van der Waals surface area contributed by atoms with Crippen molar-refractivity contribution in [1.82, 2.24) is 4.98 Å². The van der Waals surface area contributed by atoms with Gasteiger partial charge in [0.15, 0.2) is 5.15 Å². The number of methoxy groups -OCH3 is 1. The molecule has 0 radical (unpaired) electrons. The Bertz CT molecular complexity index is 526. The lowest BCUT2D eigenvalue weighted by atomic mass is 10.2. The highest BCUT2D eigenvalue weighted by Gasteiger charge is 2.05. The Morgan fingerprint density at radius 1 is 1.18 bits per heavy atom. The van der Waals surface area contributed by atoms with E-state index in [0.29, 0.717) is 16.7 Å². The Labute approximate surface area is 105 Å². The third kappa shape index (κ3) is 2.82. The van der Waals surface area contributed by atoms with Gasteiger partial charge in [-0.25, -0.2) is 9.98 Å². The second kappa shape index (κ2) is 5.46. The van der Waals surface area contributed by atoms with E-state index in [2.05, 4.69) is 9.98 Å². The summed E-state index contributed by atoms with van der Waals surface area (Å²) in [6, 6.07) is 13.2. The largest absolute Gasteiger partial charge is 0.481 e. The molecule has 0 atom stereocenters. The number of ether oxygens (including phenoxy) is 1. The molecular formula is C13H11ClN2O. The summed E-state index contributed by atoms with van der Waals surface area (Å²) in [6.45, 7) is 0. The molecule has 1 heterocycles. The van der Waals surface area contributed by atoms with Crippen LogP contribution in [0.5, 0.6) is 0 Å². The molecule has 2 rings (SSSR count). The van der Waals surface area contributed by atoms with Crippen LogP contribution in [0, 0.1) is 0 Å². The number of nitrogens with zero attached hydrogens (tertiary/aromatic N) is 2. The van der Waals surface area contributed by atoms with E-state index in [0.717, 1.165) is 5.56 Å². The van der Waals surface area contributed by atoms with Crippen LogP contribution in [0.1, 0.15) is 5.56 Å². The molecule has 0 amide bonds. The third-order valence-electron chi connectivity index (χ3n) is 2.18.